The molecule has 0 aliphatic rings. The lowest BCUT2D eigenvalue weighted by Crippen LogP contribution is -2.33. The van der Waals surface area contributed by atoms with Gasteiger partial charge in [0.2, 0.25) is 5.91 Å². The summed E-state index contributed by atoms with van der Waals surface area (Å²) in [6.07, 6.45) is -2.77. The van der Waals surface area contributed by atoms with E-state index in [9.17, 15) is 22.8 Å². The number of aromatic nitrogens is 1. The van der Waals surface area contributed by atoms with Gasteiger partial charge in [0.15, 0.2) is 6.61 Å². The Morgan fingerprint density at radius 2 is 1.78 bits per heavy atom. The molecule has 3 rings (SSSR count). The lowest BCUT2D eigenvalue weighted by Gasteiger charge is -2.19. The summed E-state index contributed by atoms with van der Waals surface area (Å²) in [4.78, 5) is 26.3. The summed E-state index contributed by atoms with van der Waals surface area (Å²) in [5.41, 5.74) is 0.372. The number of anilines is 1. The van der Waals surface area contributed by atoms with Crippen LogP contribution in [0.2, 0.25) is 0 Å². The van der Waals surface area contributed by atoms with Crippen LogP contribution in [0, 0.1) is 0 Å². The number of alkyl halides is 3. The minimum Gasteiger partial charge on any atom is -0.483 e. The van der Waals surface area contributed by atoms with Crippen LogP contribution in [0.5, 0.6) is 5.75 Å². The highest BCUT2D eigenvalue weighted by Gasteiger charge is 2.34. The van der Waals surface area contributed by atoms with E-state index in [0.29, 0.717) is 18.8 Å². The Labute approximate surface area is 183 Å². The van der Waals surface area contributed by atoms with Gasteiger partial charge in [0.05, 0.1) is 5.56 Å². The molecule has 0 saturated heterocycles. The maximum atomic E-state index is 13.0. The predicted octanol–water partition coefficient (Wildman–Crippen LogP) is 4.55. The van der Waals surface area contributed by atoms with Crippen molar-refractivity contribution < 1.29 is 27.5 Å². The zero-order valence-electron chi connectivity index (χ0n) is 17.8. The minimum absolute atomic E-state index is 0.0150. The van der Waals surface area contributed by atoms with Crippen molar-refractivity contribution in [2.75, 3.05) is 25.0 Å². The van der Waals surface area contributed by atoms with Gasteiger partial charge in [0.25, 0.3) is 5.91 Å². The molecule has 0 unspecified atom stereocenters. The van der Waals surface area contributed by atoms with Crippen LogP contribution in [0.3, 0.4) is 0 Å². The van der Waals surface area contributed by atoms with Crippen LogP contribution in [0.4, 0.5) is 18.9 Å². The van der Waals surface area contributed by atoms with Gasteiger partial charge in [-0.05, 0) is 50.2 Å². The molecule has 170 valence electrons. The SMILES string of the molecule is CCN(CC)C(=O)Cn1ccc2cc(NC(=O)COc3ccccc3C(F)(F)F)ccc21. The monoisotopic (exact) mass is 447 g/mol. The van der Waals surface area contributed by atoms with E-state index in [1.54, 1.807) is 29.3 Å². The topological polar surface area (TPSA) is 63.6 Å². The first-order chi connectivity index (χ1) is 15.2. The largest absolute Gasteiger partial charge is 0.483 e. The number of rotatable bonds is 8. The van der Waals surface area contributed by atoms with Crippen LogP contribution < -0.4 is 10.1 Å². The molecule has 1 aromatic heterocycles. The van der Waals surface area contributed by atoms with Crippen LogP contribution in [0.1, 0.15) is 19.4 Å². The number of ether oxygens (including phenoxy) is 1. The number of carbonyl (C=O) groups is 2. The summed E-state index contributed by atoms with van der Waals surface area (Å²) in [6.45, 7) is 4.78. The van der Waals surface area contributed by atoms with E-state index in [1.807, 2.05) is 24.5 Å². The molecular formula is C23H24F3N3O3. The Kier molecular flexibility index (Phi) is 7.07. The van der Waals surface area contributed by atoms with Gasteiger partial charge in [-0.3, -0.25) is 9.59 Å². The lowest BCUT2D eigenvalue weighted by atomic mass is 10.2. The molecule has 0 atom stereocenters. The number of hydrogen-bond acceptors (Lipinski definition) is 3. The van der Waals surface area contributed by atoms with Gasteiger partial charge in [-0.2, -0.15) is 13.2 Å². The number of nitrogens with zero attached hydrogens (tertiary/aromatic N) is 2. The van der Waals surface area contributed by atoms with E-state index in [-0.39, 0.29) is 12.5 Å². The van der Waals surface area contributed by atoms with Crippen molar-refractivity contribution in [3.05, 3.63) is 60.3 Å². The number of fused-ring (bicyclic) bond motifs is 1. The van der Waals surface area contributed by atoms with Crippen molar-refractivity contribution in [1.29, 1.82) is 0 Å². The third-order valence-electron chi connectivity index (χ3n) is 5.03. The van der Waals surface area contributed by atoms with Crippen molar-refractivity contribution in [3.63, 3.8) is 0 Å². The van der Waals surface area contributed by atoms with Gasteiger partial charge in [-0.25, -0.2) is 0 Å². The molecule has 0 aliphatic carbocycles. The number of halogens is 3. The summed E-state index contributed by atoms with van der Waals surface area (Å²) in [5.74, 6) is -0.973. The van der Waals surface area contributed by atoms with Crippen LogP contribution in [-0.2, 0) is 22.3 Å². The predicted molar refractivity (Wildman–Crippen MR) is 115 cm³/mol. The third-order valence-corrected chi connectivity index (χ3v) is 5.03. The Balaban J connectivity index is 1.65. The molecule has 0 fully saturated rings. The van der Waals surface area contributed by atoms with Crippen molar-refractivity contribution in [2.45, 2.75) is 26.6 Å². The highest BCUT2D eigenvalue weighted by atomic mass is 19.4. The molecule has 0 saturated carbocycles. The highest BCUT2D eigenvalue weighted by molar-refractivity contribution is 5.95. The number of carbonyl (C=O) groups excluding carboxylic acids is 2. The molecule has 1 heterocycles. The fourth-order valence-electron chi connectivity index (χ4n) is 3.40. The first kappa shape index (κ1) is 23.2. The molecule has 0 spiro atoms. The molecule has 2 amide bonds. The highest BCUT2D eigenvalue weighted by Crippen LogP contribution is 2.35. The first-order valence-corrected chi connectivity index (χ1v) is 10.2. The normalized spacial score (nSPS) is 11.4. The summed E-state index contributed by atoms with van der Waals surface area (Å²) < 4.78 is 46.0. The Hall–Kier alpha value is -3.49. The van der Waals surface area contributed by atoms with E-state index in [4.69, 9.17) is 4.74 Å². The fraction of sp³-hybridized carbons (Fsp3) is 0.304. The zero-order valence-corrected chi connectivity index (χ0v) is 17.8. The molecule has 0 radical (unpaired) electrons. The van der Waals surface area contributed by atoms with Crippen molar-refractivity contribution >= 4 is 28.4 Å². The molecule has 0 aliphatic heterocycles. The summed E-state index contributed by atoms with van der Waals surface area (Å²) >= 11 is 0. The van der Waals surface area contributed by atoms with Crippen LogP contribution in [0.15, 0.2) is 54.7 Å². The molecular weight excluding hydrogens is 423 g/mol. The number of nitrogens with one attached hydrogen (secondary N) is 1. The van der Waals surface area contributed by atoms with Gasteiger partial charge in [-0.15, -0.1) is 0 Å². The third kappa shape index (κ3) is 5.40. The number of likely N-dealkylation sites (N-methyl/N-ethyl adjacent to an activating group) is 1. The fourth-order valence-corrected chi connectivity index (χ4v) is 3.40. The van der Waals surface area contributed by atoms with E-state index in [1.165, 1.54) is 18.2 Å². The molecule has 9 heteroatoms. The van der Waals surface area contributed by atoms with Crippen molar-refractivity contribution in [2.24, 2.45) is 0 Å². The molecule has 6 nitrogen and oxygen atoms in total. The summed E-state index contributed by atoms with van der Waals surface area (Å²) in [7, 11) is 0. The van der Waals surface area contributed by atoms with Gasteiger partial charge >= 0.3 is 6.18 Å². The molecule has 3 aromatic rings. The number of benzene rings is 2. The van der Waals surface area contributed by atoms with E-state index in [0.717, 1.165) is 17.0 Å². The van der Waals surface area contributed by atoms with Gasteiger partial charge < -0.3 is 19.5 Å². The number of hydrogen-bond donors (Lipinski definition) is 1. The average Bonchev–Trinajstić information content (AvgIpc) is 3.14. The van der Waals surface area contributed by atoms with Crippen molar-refractivity contribution in [3.8, 4) is 5.75 Å². The zero-order chi connectivity index (χ0) is 23.3. The smallest absolute Gasteiger partial charge is 0.419 e. The van der Waals surface area contributed by atoms with Crippen molar-refractivity contribution in [1.82, 2.24) is 9.47 Å². The number of amides is 2. The van der Waals surface area contributed by atoms with Crippen LogP contribution in [0.25, 0.3) is 10.9 Å². The second kappa shape index (κ2) is 9.76. The van der Waals surface area contributed by atoms with E-state index >= 15 is 0 Å². The Morgan fingerprint density at radius 1 is 1.06 bits per heavy atom. The molecule has 0 bridgehead atoms. The second-order valence-corrected chi connectivity index (χ2v) is 7.11. The quantitative estimate of drug-likeness (QED) is 0.551. The lowest BCUT2D eigenvalue weighted by molar-refractivity contribution is -0.139. The molecule has 1 N–H and O–H groups in total. The van der Waals surface area contributed by atoms with Crippen LogP contribution in [-0.4, -0.2) is 41.0 Å². The average molecular weight is 447 g/mol. The maximum Gasteiger partial charge on any atom is 0.419 e. The summed E-state index contributed by atoms with van der Waals surface area (Å²) in [6, 6.07) is 11.7. The summed E-state index contributed by atoms with van der Waals surface area (Å²) in [5, 5.41) is 3.44. The van der Waals surface area contributed by atoms with Gasteiger partial charge in [0.1, 0.15) is 12.3 Å². The van der Waals surface area contributed by atoms with E-state index < -0.39 is 30.0 Å². The Morgan fingerprint density at radius 3 is 2.47 bits per heavy atom. The Bertz CT molecular complexity index is 1100. The second-order valence-electron chi connectivity index (χ2n) is 7.11. The standard InChI is InChI=1S/C23H24F3N3O3/c1-3-28(4-2)22(31)14-29-12-11-16-13-17(9-10-19(16)29)27-21(30)15-32-20-8-6-5-7-18(20)23(24,25)26/h5-13H,3-4,14-15H2,1-2H3,(H,27,30). The molecule has 2 aromatic carbocycles. The van der Waals surface area contributed by atoms with Gasteiger partial charge in [0, 0.05) is 35.9 Å². The number of para-hydroxylation sites is 1. The van der Waals surface area contributed by atoms with Gasteiger partial charge in [-0.1, -0.05) is 12.1 Å². The first-order valence-electron chi connectivity index (χ1n) is 10.2. The minimum atomic E-state index is -4.57. The maximum absolute atomic E-state index is 13.0. The van der Waals surface area contributed by atoms with Crippen LogP contribution >= 0.6 is 0 Å². The molecule has 32 heavy (non-hydrogen) atoms. The van der Waals surface area contributed by atoms with E-state index in [2.05, 4.69) is 5.32 Å².